The van der Waals surface area contributed by atoms with Gasteiger partial charge in [0.25, 0.3) is 5.56 Å². The standard InChI is InChI=1S/C35H44N3O4P/c1-6-20-37(21-10-11-27(39)24-41-28-15-17-29(43-5)18-16-28)23-34-36-31-13-9-8-12-30(31)35(40)38(34)32-22-26(7-2)14-19-33(32)42-25(3)4/h8-9,12-19,22,25,43H,6-7,10-11,20-21,23-24H2,1-5H3. The molecule has 228 valence electrons. The van der Waals surface area contributed by atoms with Crippen molar-refractivity contribution in [2.75, 3.05) is 26.4 Å². The molecule has 0 radical (unpaired) electrons. The van der Waals surface area contributed by atoms with E-state index in [1.807, 2.05) is 80.6 Å². The van der Waals surface area contributed by atoms with E-state index in [2.05, 4.69) is 25.4 Å². The van der Waals surface area contributed by atoms with Gasteiger partial charge in [0.15, 0.2) is 5.78 Å². The zero-order valence-electron chi connectivity index (χ0n) is 26.1. The van der Waals surface area contributed by atoms with E-state index in [1.54, 1.807) is 4.57 Å². The van der Waals surface area contributed by atoms with Crippen LogP contribution in [0.5, 0.6) is 11.5 Å². The molecule has 0 fully saturated rings. The van der Waals surface area contributed by atoms with E-state index in [4.69, 9.17) is 14.5 Å². The largest absolute Gasteiger partial charge is 0.489 e. The molecule has 0 spiro atoms. The molecule has 4 aromatic rings. The van der Waals surface area contributed by atoms with Crippen molar-refractivity contribution in [3.8, 4) is 17.2 Å². The van der Waals surface area contributed by atoms with Gasteiger partial charge in [0, 0.05) is 6.42 Å². The lowest BCUT2D eigenvalue weighted by Crippen LogP contribution is -2.32. The Morgan fingerprint density at radius 2 is 1.79 bits per heavy atom. The summed E-state index contributed by atoms with van der Waals surface area (Å²) in [5, 5.41) is 1.84. The summed E-state index contributed by atoms with van der Waals surface area (Å²) in [5.74, 6) is 2.11. The number of aromatic nitrogens is 2. The Morgan fingerprint density at radius 1 is 1.02 bits per heavy atom. The summed E-state index contributed by atoms with van der Waals surface area (Å²) >= 11 is 0. The van der Waals surface area contributed by atoms with Crippen LogP contribution in [0.1, 0.15) is 58.3 Å². The predicted octanol–water partition coefficient (Wildman–Crippen LogP) is 6.31. The number of ether oxygens (including phenoxy) is 2. The van der Waals surface area contributed by atoms with Crippen LogP contribution in [0.25, 0.3) is 16.6 Å². The highest BCUT2D eigenvalue weighted by molar-refractivity contribution is 7.46. The lowest BCUT2D eigenvalue weighted by Gasteiger charge is -2.24. The monoisotopic (exact) mass is 601 g/mol. The number of carbonyl (C=O) groups excluding carboxylic acids is 1. The van der Waals surface area contributed by atoms with Crippen molar-refractivity contribution in [3.05, 3.63) is 88.5 Å². The Balaban J connectivity index is 1.56. The number of ketones is 1. The molecule has 0 aliphatic carbocycles. The number of carbonyl (C=O) groups is 1. The topological polar surface area (TPSA) is 73.7 Å². The van der Waals surface area contributed by atoms with Crippen LogP contribution in [0.3, 0.4) is 0 Å². The van der Waals surface area contributed by atoms with E-state index in [-0.39, 0.29) is 24.1 Å². The number of benzene rings is 3. The zero-order chi connectivity index (χ0) is 30.8. The number of aryl methyl sites for hydroxylation is 1. The smallest absolute Gasteiger partial charge is 0.266 e. The second-order valence-electron chi connectivity index (χ2n) is 11.0. The number of hydrogen-bond donors (Lipinski definition) is 0. The van der Waals surface area contributed by atoms with Crippen LogP contribution in [0, 0.1) is 0 Å². The molecule has 1 aromatic heterocycles. The van der Waals surface area contributed by atoms with Gasteiger partial charge in [-0.25, -0.2) is 4.98 Å². The van der Waals surface area contributed by atoms with Gasteiger partial charge in [0.05, 0.1) is 29.2 Å². The van der Waals surface area contributed by atoms with Crippen LogP contribution in [0.2, 0.25) is 0 Å². The number of hydrogen-bond acceptors (Lipinski definition) is 6. The minimum Gasteiger partial charge on any atom is -0.489 e. The van der Waals surface area contributed by atoms with Gasteiger partial charge in [-0.1, -0.05) is 52.8 Å². The Labute approximate surface area is 257 Å². The average molecular weight is 602 g/mol. The molecule has 0 aliphatic heterocycles. The van der Waals surface area contributed by atoms with Crippen LogP contribution < -0.4 is 20.3 Å². The summed E-state index contributed by atoms with van der Waals surface area (Å²) < 4.78 is 13.6. The molecule has 0 saturated heterocycles. The van der Waals surface area contributed by atoms with Crippen molar-refractivity contribution in [2.45, 2.75) is 66.0 Å². The zero-order valence-corrected chi connectivity index (χ0v) is 27.1. The minimum absolute atomic E-state index is 0.0482. The fourth-order valence-electron chi connectivity index (χ4n) is 5.08. The summed E-state index contributed by atoms with van der Waals surface area (Å²) in [6.45, 7) is 12.4. The van der Waals surface area contributed by atoms with E-state index in [9.17, 15) is 9.59 Å². The molecule has 0 saturated carbocycles. The van der Waals surface area contributed by atoms with E-state index < -0.39 is 0 Å². The Morgan fingerprint density at radius 3 is 2.49 bits per heavy atom. The summed E-state index contributed by atoms with van der Waals surface area (Å²) in [6.07, 6.45) is 2.86. The van der Waals surface area contributed by atoms with Crippen LogP contribution >= 0.6 is 8.58 Å². The quantitative estimate of drug-likeness (QED) is 0.140. The fourth-order valence-corrected chi connectivity index (χ4v) is 5.58. The molecule has 1 heterocycles. The molecule has 0 bridgehead atoms. The lowest BCUT2D eigenvalue weighted by molar-refractivity contribution is -0.121. The van der Waals surface area contributed by atoms with Gasteiger partial charge in [-0.3, -0.25) is 19.1 Å². The molecule has 3 aromatic carbocycles. The van der Waals surface area contributed by atoms with Gasteiger partial charge in [0.1, 0.15) is 23.9 Å². The molecule has 1 atom stereocenters. The normalized spacial score (nSPS) is 11.7. The first-order valence-electron chi connectivity index (χ1n) is 15.3. The third-order valence-corrected chi connectivity index (χ3v) is 8.17. The van der Waals surface area contributed by atoms with Crippen molar-refractivity contribution in [2.24, 2.45) is 0 Å². The van der Waals surface area contributed by atoms with Crippen molar-refractivity contribution in [3.63, 3.8) is 0 Å². The summed E-state index contributed by atoms with van der Waals surface area (Å²) in [6, 6.07) is 21.5. The first-order chi connectivity index (χ1) is 20.8. The van der Waals surface area contributed by atoms with E-state index in [1.165, 1.54) is 5.30 Å². The number of Topliss-reactive ketones (excluding diaryl/α,β-unsaturated/α-hetero) is 1. The third-order valence-electron chi connectivity index (χ3n) is 7.26. The molecule has 8 heteroatoms. The minimum atomic E-state index is -0.112. The Bertz CT molecular complexity index is 1570. The van der Waals surface area contributed by atoms with Gasteiger partial charge in [-0.2, -0.15) is 0 Å². The maximum atomic E-state index is 14.0. The molecule has 43 heavy (non-hydrogen) atoms. The number of para-hydroxylation sites is 1. The molecule has 0 N–H and O–H groups in total. The highest BCUT2D eigenvalue weighted by Gasteiger charge is 2.20. The van der Waals surface area contributed by atoms with E-state index in [0.717, 1.165) is 39.3 Å². The molecular formula is C35H44N3O4P. The van der Waals surface area contributed by atoms with Crippen molar-refractivity contribution < 1.29 is 14.3 Å². The Hall–Kier alpha value is -3.54. The van der Waals surface area contributed by atoms with Gasteiger partial charge >= 0.3 is 0 Å². The SMILES string of the molecule is CCCN(CCCC(=O)COc1ccc(PC)cc1)Cc1nc2ccccc2c(=O)n1-c1cc(CC)ccc1OC(C)C. The first-order valence-corrected chi connectivity index (χ1v) is 16.8. The maximum Gasteiger partial charge on any atom is 0.266 e. The van der Waals surface area contributed by atoms with Crippen LogP contribution in [-0.2, 0) is 17.8 Å². The third kappa shape index (κ3) is 8.75. The molecule has 4 rings (SSSR count). The summed E-state index contributed by atoms with van der Waals surface area (Å²) in [5.41, 5.74) is 2.39. The van der Waals surface area contributed by atoms with Crippen LogP contribution in [0.15, 0.2) is 71.5 Å². The molecule has 0 amide bonds. The second-order valence-corrected chi connectivity index (χ2v) is 12.1. The van der Waals surface area contributed by atoms with Crippen molar-refractivity contribution >= 4 is 30.6 Å². The predicted molar refractivity (Wildman–Crippen MR) is 178 cm³/mol. The molecular weight excluding hydrogens is 557 g/mol. The number of rotatable bonds is 16. The van der Waals surface area contributed by atoms with Gasteiger partial charge in [0.2, 0.25) is 0 Å². The molecule has 0 aliphatic rings. The van der Waals surface area contributed by atoms with Gasteiger partial charge < -0.3 is 9.47 Å². The van der Waals surface area contributed by atoms with Crippen molar-refractivity contribution in [1.82, 2.24) is 14.5 Å². The van der Waals surface area contributed by atoms with E-state index >= 15 is 0 Å². The average Bonchev–Trinajstić information content (AvgIpc) is 3.01. The summed E-state index contributed by atoms with van der Waals surface area (Å²) in [7, 11) is 0.735. The second kappa shape index (κ2) is 15.8. The Kier molecular flexibility index (Phi) is 11.9. The highest BCUT2D eigenvalue weighted by atomic mass is 31.1. The van der Waals surface area contributed by atoms with Crippen LogP contribution in [-0.4, -0.2) is 52.7 Å². The van der Waals surface area contributed by atoms with Crippen molar-refractivity contribution in [1.29, 1.82) is 0 Å². The number of nitrogens with zero attached hydrogens (tertiary/aromatic N) is 3. The highest BCUT2D eigenvalue weighted by Crippen LogP contribution is 2.27. The van der Waals surface area contributed by atoms with Gasteiger partial charge in [-0.05, 0) is 100 Å². The van der Waals surface area contributed by atoms with E-state index in [0.29, 0.717) is 54.1 Å². The van der Waals surface area contributed by atoms with Crippen LogP contribution in [0.4, 0.5) is 0 Å². The lowest BCUT2D eigenvalue weighted by atomic mass is 10.1. The first kappa shape index (κ1) is 32.4. The fraction of sp³-hybridized carbons (Fsp3) is 0.400. The molecule has 1 unspecified atom stereocenters. The molecule has 7 nitrogen and oxygen atoms in total. The van der Waals surface area contributed by atoms with Gasteiger partial charge in [-0.15, -0.1) is 0 Å². The number of fused-ring (bicyclic) bond motifs is 1. The summed E-state index contributed by atoms with van der Waals surface area (Å²) in [4.78, 5) is 34.0. The maximum absolute atomic E-state index is 14.0.